The summed E-state index contributed by atoms with van der Waals surface area (Å²) in [5.41, 5.74) is 1.08. The summed E-state index contributed by atoms with van der Waals surface area (Å²) in [6.45, 7) is 4.93. The molecule has 0 amide bonds. The summed E-state index contributed by atoms with van der Waals surface area (Å²) >= 11 is 0. The largest absolute Gasteiger partial charge is 0.493 e. The molecule has 0 aliphatic carbocycles. The number of benzene rings is 1. The maximum Gasteiger partial charge on any atom is 0.203 e. The van der Waals surface area contributed by atoms with Crippen LogP contribution >= 0.6 is 0 Å². The van der Waals surface area contributed by atoms with Gasteiger partial charge in [-0.15, -0.1) is 11.8 Å². The monoisotopic (exact) mass is 291 g/mol. The predicted molar refractivity (Wildman–Crippen MR) is 85.2 cm³/mol. The minimum Gasteiger partial charge on any atom is -0.493 e. The van der Waals surface area contributed by atoms with E-state index in [1.165, 1.54) is 0 Å². The third-order valence-corrected chi connectivity index (χ3v) is 3.21. The first kappa shape index (κ1) is 17.2. The second kappa shape index (κ2) is 9.15. The van der Waals surface area contributed by atoms with Gasteiger partial charge in [-0.1, -0.05) is 6.92 Å². The van der Waals surface area contributed by atoms with Crippen molar-refractivity contribution in [1.82, 2.24) is 5.32 Å². The molecule has 4 nitrogen and oxygen atoms in total. The molecule has 1 unspecified atom stereocenters. The van der Waals surface area contributed by atoms with Crippen molar-refractivity contribution in [3.8, 4) is 29.1 Å². The molecule has 0 aliphatic heterocycles. The van der Waals surface area contributed by atoms with Crippen LogP contribution in [-0.4, -0.2) is 27.9 Å². The fourth-order valence-electron chi connectivity index (χ4n) is 2.13. The number of rotatable bonds is 8. The number of hydrogen-bond acceptors (Lipinski definition) is 4. The summed E-state index contributed by atoms with van der Waals surface area (Å²) in [5, 5.41) is 3.51. The molecule has 1 aromatic carbocycles. The van der Waals surface area contributed by atoms with Gasteiger partial charge in [-0.05, 0) is 37.6 Å². The van der Waals surface area contributed by atoms with E-state index >= 15 is 0 Å². The van der Waals surface area contributed by atoms with Gasteiger partial charge in [0.05, 0.1) is 21.3 Å². The van der Waals surface area contributed by atoms with Gasteiger partial charge in [-0.3, -0.25) is 0 Å². The van der Waals surface area contributed by atoms with Crippen molar-refractivity contribution in [3.63, 3.8) is 0 Å². The van der Waals surface area contributed by atoms with Gasteiger partial charge in [-0.25, -0.2) is 0 Å². The van der Waals surface area contributed by atoms with E-state index in [0.717, 1.165) is 24.9 Å². The summed E-state index contributed by atoms with van der Waals surface area (Å²) in [7, 11) is 4.86. The van der Waals surface area contributed by atoms with Crippen LogP contribution in [0.3, 0.4) is 0 Å². The molecule has 0 aliphatic rings. The van der Waals surface area contributed by atoms with Crippen LogP contribution in [0.4, 0.5) is 0 Å². The summed E-state index contributed by atoms with van der Waals surface area (Å²) in [6.07, 6.45) is 1.82. The quantitative estimate of drug-likeness (QED) is 0.747. The Morgan fingerprint density at radius 2 is 1.71 bits per heavy atom. The standard InChI is InChI=1S/C17H25NO3/c1-6-8-9-14(18-10-7-2)13-11-15(19-3)17(21-5)16(12-13)20-4/h11-12,14,18H,7,9-10H2,1-5H3. The summed E-state index contributed by atoms with van der Waals surface area (Å²) in [5.74, 6) is 8.02. The summed E-state index contributed by atoms with van der Waals surface area (Å²) in [4.78, 5) is 0. The SMILES string of the molecule is CC#CCC(NCCC)c1cc(OC)c(OC)c(OC)c1. The zero-order valence-electron chi connectivity index (χ0n) is 13.6. The van der Waals surface area contributed by atoms with Crippen molar-refractivity contribution in [1.29, 1.82) is 0 Å². The molecule has 0 saturated carbocycles. The highest BCUT2D eigenvalue weighted by atomic mass is 16.5. The smallest absolute Gasteiger partial charge is 0.203 e. The minimum atomic E-state index is 0.145. The summed E-state index contributed by atoms with van der Waals surface area (Å²) < 4.78 is 16.2. The second-order valence-electron chi connectivity index (χ2n) is 4.60. The molecule has 116 valence electrons. The maximum absolute atomic E-state index is 5.41. The number of hydrogen-bond donors (Lipinski definition) is 1. The van der Waals surface area contributed by atoms with E-state index in [-0.39, 0.29) is 6.04 Å². The van der Waals surface area contributed by atoms with Crippen LogP contribution in [0.15, 0.2) is 12.1 Å². The van der Waals surface area contributed by atoms with Crippen LogP contribution in [0.1, 0.15) is 38.3 Å². The van der Waals surface area contributed by atoms with Crippen LogP contribution < -0.4 is 19.5 Å². The normalized spacial score (nSPS) is 11.3. The maximum atomic E-state index is 5.41. The molecule has 1 N–H and O–H groups in total. The first-order valence-corrected chi connectivity index (χ1v) is 7.14. The zero-order chi connectivity index (χ0) is 15.7. The van der Waals surface area contributed by atoms with Crippen molar-refractivity contribution in [2.45, 2.75) is 32.7 Å². The fourth-order valence-corrected chi connectivity index (χ4v) is 2.13. The molecule has 21 heavy (non-hydrogen) atoms. The van der Waals surface area contributed by atoms with Crippen molar-refractivity contribution in [2.24, 2.45) is 0 Å². The average Bonchev–Trinajstić information content (AvgIpc) is 2.53. The Bertz CT molecular complexity index is 477. The first-order valence-electron chi connectivity index (χ1n) is 7.14. The molecule has 0 radical (unpaired) electrons. The van der Waals surface area contributed by atoms with E-state index in [0.29, 0.717) is 17.2 Å². The number of ether oxygens (including phenoxy) is 3. The van der Waals surface area contributed by atoms with Crippen molar-refractivity contribution >= 4 is 0 Å². The van der Waals surface area contributed by atoms with Crippen LogP contribution in [0.25, 0.3) is 0 Å². The highest BCUT2D eigenvalue weighted by Crippen LogP contribution is 2.40. The molecule has 4 heteroatoms. The average molecular weight is 291 g/mol. The van der Waals surface area contributed by atoms with Gasteiger partial charge >= 0.3 is 0 Å². The van der Waals surface area contributed by atoms with E-state index in [1.54, 1.807) is 21.3 Å². The van der Waals surface area contributed by atoms with E-state index in [9.17, 15) is 0 Å². The van der Waals surface area contributed by atoms with Gasteiger partial charge in [0.1, 0.15) is 0 Å². The molecule has 0 bridgehead atoms. The van der Waals surface area contributed by atoms with Gasteiger partial charge in [0.15, 0.2) is 11.5 Å². The Labute approximate surface area is 127 Å². The fraction of sp³-hybridized carbons (Fsp3) is 0.529. The molecular weight excluding hydrogens is 266 g/mol. The molecule has 0 heterocycles. The third kappa shape index (κ3) is 4.57. The van der Waals surface area contributed by atoms with Gasteiger partial charge in [0.2, 0.25) is 5.75 Å². The lowest BCUT2D eigenvalue weighted by Crippen LogP contribution is -2.22. The summed E-state index contributed by atoms with van der Waals surface area (Å²) in [6, 6.07) is 4.10. The van der Waals surface area contributed by atoms with Crippen LogP contribution in [0.5, 0.6) is 17.2 Å². The predicted octanol–water partition coefficient (Wildman–Crippen LogP) is 3.17. The van der Waals surface area contributed by atoms with Crippen LogP contribution in [0, 0.1) is 11.8 Å². The van der Waals surface area contributed by atoms with Crippen LogP contribution in [-0.2, 0) is 0 Å². The van der Waals surface area contributed by atoms with Crippen LogP contribution in [0.2, 0.25) is 0 Å². The third-order valence-electron chi connectivity index (χ3n) is 3.21. The van der Waals surface area contributed by atoms with Gasteiger partial charge in [0, 0.05) is 12.5 Å². The van der Waals surface area contributed by atoms with Gasteiger partial charge in [-0.2, -0.15) is 0 Å². The van der Waals surface area contributed by atoms with Gasteiger partial charge in [0.25, 0.3) is 0 Å². The lowest BCUT2D eigenvalue weighted by atomic mass is 10.0. The van der Waals surface area contributed by atoms with E-state index in [1.807, 2.05) is 19.1 Å². The number of methoxy groups -OCH3 is 3. The topological polar surface area (TPSA) is 39.7 Å². The molecule has 0 spiro atoms. The molecule has 1 aromatic rings. The Balaban J connectivity index is 3.18. The molecule has 1 atom stereocenters. The molecule has 0 fully saturated rings. The van der Waals surface area contributed by atoms with E-state index < -0.39 is 0 Å². The number of nitrogens with one attached hydrogen (secondary N) is 1. The van der Waals surface area contributed by atoms with E-state index in [2.05, 4.69) is 24.1 Å². The highest BCUT2D eigenvalue weighted by Gasteiger charge is 2.17. The van der Waals surface area contributed by atoms with Crippen molar-refractivity contribution < 1.29 is 14.2 Å². The zero-order valence-corrected chi connectivity index (χ0v) is 13.6. The highest BCUT2D eigenvalue weighted by molar-refractivity contribution is 5.54. The lowest BCUT2D eigenvalue weighted by Gasteiger charge is -2.20. The van der Waals surface area contributed by atoms with Crippen molar-refractivity contribution in [2.75, 3.05) is 27.9 Å². The molecule has 0 aromatic heterocycles. The first-order chi connectivity index (χ1) is 10.2. The second-order valence-corrected chi connectivity index (χ2v) is 4.60. The van der Waals surface area contributed by atoms with E-state index in [4.69, 9.17) is 14.2 Å². The van der Waals surface area contributed by atoms with Crippen molar-refractivity contribution in [3.05, 3.63) is 17.7 Å². The Hall–Kier alpha value is -1.86. The van der Waals surface area contributed by atoms with Gasteiger partial charge < -0.3 is 19.5 Å². The Morgan fingerprint density at radius 3 is 2.14 bits per heavy atom. The minimum absolute atomic E-state index is 0.145. The molecule has 0 saturated heterocycles. The Kier molecular flexibility index (Phi) is 7.49. The molecular formula is C17H25NO3. The Morgan fingerprint density at radius 1 is 1.10 bits per heavy atom. The molecule has 1 rings (SSSR count). The lowest BCUT2D eigenvalue weighted by molar-refractivity contribution is 0.323.